The fraction of sp³-hybridized carbons (Fsp3) is 0.636. The minimum atomic E-state index is -0.443. The van der Waals surface area contributed by atoms with Gasteiger partial charge in [-0.05, 0) is 32.6 Å². The molecule has 2 rings (SSSR count). The molecule has 1 aromatic rings. The molecule has 1 heterocycles. The molecular weight excluding hydrogens is 206 g/mol. The molecule has 0 amide bonds. The van der Waals surface area contributed by atoms with Gasteiger partial charge in [0.05, 0.1) is 18.3 Å². The van der Waals surface area contributed by atoms with Crippen LogP contribution in [0.2, 0.25) is 0 Å². The fourth-order valence-corrected chi connectivity index (χ4v) is 1.77. The summed E-state index contributed by atoms with van der Waals surface area (Å²) in [5.41, 5.74) is 6.37. The van der Waals surface area contributed by atoms with Crippen LogP contribution in [0.25, 0.3) is 0 Å². The number of esters is 1. The van der Waals surface area contributed by atoms with E-state index in [-0.39, 0.29) is 5.69 Å². The van der Waals surface area contributed by atoms with E-state index in [2.05, 4.69) is 12.0 Å². The summed E-state index contributed by atoms with van der Waals surface area (Å²) in [4.78, 5) is 11.5. The molecule has 0 spiro atoms. The fourth-order valence-electron chi connectivity index (χ4n) is 1.77. The number of carbonyl (C=O) groups is 1. The van der Waals surface area contributed by atoms with E-state index in [9.17, 15) is 4.79 Å². The summed E-state index contributed by atoms with van der Waals surface area (Å²) < 4.78 is 6.66. The number of hydrogen-bond acceptors (Lipinski definition) is 4. The van der Waals surface area contributed by atoms with Gasteiger partial charge in [0.25, 0.3) is 0 Å². The Balaban J connectivity index is 2.17. The van der Waals surface area contributed by atoms with Crippen LogP contribution >= 0.6 is 0 Å². The highest BCUT2D eigenvalue weighted by atomic mass is 16.5. The van der Waals surface area contributed by atoms with E-state index in [4.69, 9.17) is 10.5 Å². The lowest BCUT2D eigenvalue weighted by Gasteiger charge is -2.09. The lowest BCUT2D eigenvalue weighted by Crippen LogP contribution is -2.11. The zero-order chi connectivity index (χ0) is 11.7. The molecule has 1 aromatic heterocycles. The summed E-state index contributed by atoms with van der Waals surface area (Å²) in [7, 11) is 0. The van der Waals surface area contributed by atoms with Crippen molar-refractivity contribution in [3.05, 3.63) is 11.9 Å². The Bertz CT molecular complexity index is 396. The number of ether oxygens (including phenoxy) is 1. The average molecular weight is 223 g/mol. The number of nitrogen functional groups attached to an aromatic ring is 1. The number of nitrogens with two attached hydrogens (primary N) is 1. The Kier molecular flexibility index (Phi) is 2.85. The highest BCUT2D eigenvalue weighted by Gasteiger charge is 2.30. The molecular formula is C11H17N3O2. The highest BCUT2D eigenvalue weighted by molar-refractivity contribution is 5.92. The van der Waals surface area contributed by atoms with Crippen molar-refractivity contribution in [2.24, 2.45) is 5.92 Å². The smallest absolute Gasteiger partial charge is 0.361 e. The van der Waals surface area contributed by atoms with E-state index in [1.54, 1.807) is 17.8 Å². The Morgan fingerprint density at radius 3 is 3.00 bits per heavy atom. The number of hydrogen-bond donors (Lipinski definition) is 1. The van der Waals surface area contributed by atoms with Crippen LogP contribution in [-0.4, -0.2) is 22.4 Å². The van der Waals surface area contributed by atoms with Crippen molar-refractivity contribution in [1.29, 1.82) is 0 Å². The summed E-state index contributed by atoms with van der Waals surface area (Å²) in [5.74, 6) is 0.232. The van der Waals surface area contributed by atoms with Gasteiger partial charge in [-0.3, -0.25) is 4.68 Å². The number of aromatic nitrogens is 2. The first-order chi connectivity index (χ1) is 7.63. The summed E-state index contributed by atoms with van der Waals surface area (Å²) >= 11 is 0. The Morgan fingerprint density at radius 1 is 1.75 bits per heavy atom. The zero-order valence-electron chi connectivity index (χ0n) is 9.64. The van der Waals surface area contributed by atoms with Gasteiger partial charge in [0.2, 0.25) is 0 Å². The van der Waals surface area contributed by atoms with Gasteiger partial charge in [-0.15, -0.1) is 0 Å². The minimum absolute atomic E-state index is 0.231. The molecule has 5 heteroatoms. The topological polar surface area (TPSA) is 70.1 Å². The number of anilines is 1. The molecule has 1 unspecified atom stereocenters. The van der Waals surface area contributed by atoms with Crippen molar-refractivity contribution in [1.82, 2.24) is 9.78 Å². The Hall–Kier alpha value is -1.52. The zero-order valence-corrected chi connectivity index (χ0v) is 9.64. The van der Waals surface area contributed by atoms with Crippen molar-refractivity contribution < 1.29 is 9.53 Å². The molecule has 1 aliphatic carbocycles. The van der Waals surface area contributed by atoms with Crippen LogP contribution in [-0.2, 0) is 4.74 Å². The summed E-state index contributed by atoms with van der Waals surface area (Å²) in [5, 5.41) is 4.21. The van der Waals surface area contributed by atoms with Gasteiger partial charge in [0.1, 0.15) is 0 Å². The molecule has 88 valence electrons. The number of carbonyl (C=O) groups excluding carboxylic acids is 1. The van der Waals surface area contributed by atoms with Gasteiger partial charge >= 0.3 is 5.97 Å². The second kappa shape index (κ2) is 4.15. The van der Waals surface area contributed by atoms with Gasteiger partial charge in [-0.2, -0.15) is 5.10 Å². The molecule has 0 radical (unpaired) electrons. The van der Waals surface area contributed by atoms with Crippen LogP contribution in [0.3, 0.4) is 0 Å². The molecule has 1 saturated carbocycles. The maximum absolute atomic E-state index is 11.5. The first kappa shape index (κ1) is 11.0. The lowest BCUT2D eigenvalue weighted by molar-refractivity contribution is 0.0519. The molecule has 5 nitrogen and oxygen atoms in total. The van der Waals surface area contributed by atoms with Gasteiger partial charge in [0, 0.05) is 6.20 Å². The number of rotatable bonds is 4. The van der Waals surface area contributed by atoms with Crippen LogP contribution < -0.4 is 5.73 Å². The molecule has 1 fully saturated rings. The summed E-state index contributed by atoms with van der Waals surface area (Å²) in [6.45, 7) is 4.19. The molecule has 0 aromatic carbocycles. The lowest BCUT2D eigenvalue weighted by atomic mass is 10.2. The first-order valence-electron chi connectivity index (χ1n) is 5.65. The molecule has 2 N–H and O–H groups in total. The average Bonchev–Trinajstić information content (AvgIpc) is 3.01. The van der Waals surface area contributed by atoms with Crippen molar-refractivity contribution >= 4 is 11.7 Å². The monoisotopic (exact) mass is 223 g/mol. The van der Waals surface area contributed by atoms with E-state index in [1.165, 1.54) is 12.8 Å². The van der Waals surface area contributed by atoms with E-state index >= 15 is 0 Å². The van der Waals surface area contributed by atoms with E-state index < -0.39 is 5.97 Å². The highest BCUT2D eigenvalue weighted by Crippen LogP contribution is 2.39. The van der Waals surface area contributed by atoms with Crippen LogP contribution in [0.4, 0.5) is 5.69 Å². The maximum Gasteiger partial charge on any atom is 0.361 e. The van der Waals surface area contributed by atoms with Gasteiger partial charge in [-0.25, -0.2) is 4.79 Å². The summed E-state index contributed by atoms with van der Waals surface area (Å²) in [6.07, 6.45) is 4.18. The van der Waals surface area contributed by atoms with Crippen molar-refractivity contribution in [3.8, 4) is 0 Å². The second-order valence-corrected chi connectivity index (χ2v) is 4.21. The number of nitrogens with zero attached hydrogens (tertiary/aromatic N) is 2. The predicted octanol–water partition coefficient (Wildman–Crippen LogP) is 1.61. The minimum Gasteiger partial charge on any atom is -0.461 e. The third-order valence-corrected chi connectivity index (χ3v) is 2.95. The SMILES string of the molecule is CCOC(=O)c1nn(C(C)C2CC2)cc1N. The van der Waals surface area contributed by atoms with E-state index in [0.717, 1.165) is 0 Å². The second-order valence-electron chi connectivity index (χ2n) is 4.21. The maximum atomic E-state index is 11.5. The Labute approximate surface area is 94.6 Å². The van der Waals surface area contributed by atoms with Crippen molar-refractivity contribution in [3.63, 3.8) is 0 Å². The van der Waals surface area contributed by atoms with Gasteiger partial charge in [0.15, 0.2) is 5.69 Å². The predicted molar refractivity (Wildman–Crippen MR) is 60.0 cm³/mol. The Morgan fingerprint density at radius 2 is 2.44 bits per heavy atom. The third-order valence-electron chi connectivity index (χ3n) is 2.95. The van der Waals surface area contributed by atoms with Crippen LogP contribution in [0.1, 0.15) is 43.2 Å². The van der Waals surface area contributed by atoms with Crippen LogP contribution in [0.15, 0.2) is 6.20 Å². The van der Waals surface area contributed by atoms with Crippen molar-refractivity contribution in [2.75, 3.05) is 12.3 Å². The summed E-state index contributed by atoms with van der Waals surface area (Å²) in [6, 6.07) is 0.311. The quantitative estimate of drug-likeness (QED) is 0.787. The van der Waals surface area contributed by atoms with E-state index in [1.807, 2.05) is 0 Å². The normalized spacial score (nSPS) is 17.1. The molecule has 0 bridgehead atoms. The largest absolute Gasteiger partial charge is 0.461 e. The third kappa shape index (κ3) is 2.03. The van der Waals surface area contributed by atoms with Crippen LogP contribution in [0.5, 0.6) is 0 Å². The van der Waals surface area contributed by atoms with E-state index in [0.29, 0.717) is 24.3 Å². The molecule has 0 saturated heterocycles. The van der Waals surface area contributed by atoms with Gasteiger partial charge < -0.3 is 10.5 Å². The molecule has 16 heavy (non-hydrogen) atoms. The first-order valence-corrected chi connectivity index (χ1v) is 5.65. The molecule has 1 aliphatic rings. The molecule has 1 atom stereocenters. The van der Waals surface area contributed by atoms with Crippen LogP contribution in [0, 0.1) is 5.92 Å². The molecule has 0 aliphatic heterocycles. The van der Waals surface area contributed by atoms with Gasteiger partial charge in [-0.1, -0.05) is 0 Å². The van der Waals surface area contributed by atoms with Crippen molar-refractivity contribution in [2.45, 2.75) is 32.7 Å². The standard InChI is InChI=1S/C11H17N3O2/c1-3-16-11(15)10-9(12)6-14(13-10)7(2)8-4-5-8/h6-8H,3-5,12H2,1-2H3.